The molecule has 0 aliphatic carbocycles. The molecule has 20 heavy (non-hydrogen) atoms. The van der Waals surface area contributed by atoms with Gasteiger partial charge in [-0.2, -0.15) is 5.26 Å². The molecule has 0 saturated carbocycles. The highest BCUT2D eigenvalue weighted by molar-refractivity contribution is 5.77. The van der Waals surface area contributed by atoms with Crippen LogP contribution < -0.4 is 0 Å². The number of hydrogen-bond acceptors (Lipinski definition) is 3. The van der Waals surface area contributed by atoms with Crippen LogP contribution in [0.4, 0.5) is 0 Å². The SMILES string of the molecule is Cc1ccc2c(c1)nc(CC#N)n2CCN1CCCC1. The Morgan fingerprint density at radius 3 is 2.80 bits per heavy atom. The summed E-state index contributed by atoms with van der Waals surface area (Å²) in [6, 6.07) is 8.58. The zero-order valence-corrected chi connectivity index (χ0v) is 12.0. The van der Waals surface area contributed by atoms with Crippen LogP contribution >= 0.6 is 0 Å². The van der Waals surface area contributed by atoms with E-state index in [1.54, 1.807) is 0 Å². The lowest BCUT2D eigenvalue weighted by atomic mass is 10.2. The molecule has 1 aromatic carbocycles. The highest BCUT2D eigenvalue weighted by atomic mass is 15.2. The second-order valence-electron chi connectivity index (χ2n) is 5.56. The number of benzene rings is 1. The van der Waals surface area contributed by atoms with Gasteiger partial charge < -0.3 is 9.47 Å². The quantitative estimate of drug-likeness (QED) is 0.856. The van der Waals surface area contributed by atoms with Gasteiger partial charge in [0.1, 0.15) is 5.82 Å². The Morgan fingerprint density at radius 1 is 1.25 bits per heavy atom. The predicted octanol–water partition coefficient (Wildman–Crippen LogP) is 2.51. The molecule has 1 aliphatic rings. The van der Waals surface area contributed by atoms with Crippen molar-refractivity contribution >= 4 is 11.0 Å². The molecule has 0 atom stereocenters. The van der Waals surface area contributed by atoms with Gasteiger partial charge in [-0.15, -0.1) is 0 Å². The summed E-state index contributed by atoms with van der Waals surface area (Å²) >= 11 is 0. The van der Waals surface area contributed by atoms with Crippen molar-refractivity contribution in [3.63, 3.8) is 0 Å². The van der Waals surface area contributed by atoms with Crippen LogP contribution in [0.1, 0.15) is 24.2 Å². The van der Waals surface area contributed by atoms with Gasteiger partial charge in [0, 0.05) is 13.1 Å². The Kier molecular flexibility index (Phi) is 3.70. The highest BCUT2D eigenvalue weighted by Gasteiger charge is 2.14. The molecule has 2 aromatic rings. The molecule has 0 amide bonds. The standard InChI is InChI=1S/C16H20N4/c1-13-4-5-15-14(12-13)18-16(6-7-17)20(15)11-10-19-8-2-3-9-19/h4-5,12H,2-3,6,8-11H2,1H3. The third kappa shape index (κ3) is 2.54. The number of aryl methyl sites for hydroxylation is 1. The first kappa shape index (κ1) is 13.1. The second kappa shape index (κ2) is 5.64. The topological polar surface area (TPSA) is 44.9 Å². The van der Waals surface area contributed by atoms with Crippen LogP contribution in [0.5, 0.6) is 0 Å². The van der Waals surface area contributed by atoms with E-state index in [1.807, 2.05) is 0 Å². The normalized spacial score (nSPS) is 15.8. The van der Waals surface area contributed by atoms with Crippen molar-refractivity contribution in [2.45, 2.75) is 32.7 Å². The Morgan fingerprint density at radius 2 is 2.05 bits per heavy atom. The van der Waals surface area contributed by atoms with Crippen molar-refractivity contribution in [2.24, 2.45) is 0 Å². The molecule has 1 saturated heterocycles. The van der Waals surface area contributed by atoms with E-state index in [1.165, 1.54) is 31.5 Å². The van der Waals surface area contributed by atoms with Crippen molar-refractivity contribution in [3.8, 4) is 6.07 Å². The first-order chi connectivity index (χ1) is 9.78. The fraction of sp³-hybridized carbons (Fsp3) is 0.500. The van der Waals surface area contributed by atoms with Crippen LogP contribution in [-0.2, 0) is 13.0 Å². The first-order valence-corrected chi connectivity index (χ1v) is 7.33. The van der Waals surface area contributed by atoms with E-state index in [9.17, 15) is 0 Å². The van der Waals surface area contributed by atoms with Gasteiger partial charge in [-0.25, -0.2) is 4.98 Å². The molecule has 1 fully saturated rings. The lowest BCUT2D eigenvalue weighted by molar-refractivity contribution is 0.323. The minimum atomic E-state index is 0.383. The van der Waals surface area contributed by atoms with E-state index in [-0.39, 0.29) is 0 Å². The summed E-state index contributed by atoms with van der Waals surface area (Å²) in [5, 5.41) is 8.99. The van der Waals surface area contributed by atoms with Crippen LogP contribution in [0.15, 0.2) is 18.2 Å². The lowest BCUT2D eigenvalue weighted by Crippen LogP contribution is -2.24. The fourth-order valence-corrected chi connectivity index (χ4v) is 2.99. The van der Waals surface area contributed by atoms with Crippen LogP contribution in [0.2, 0.25) is 0 Å². The number of likely N-dealkylation sites (tertiary alicyclic amines) is 1. The maximum Gasteiger partial charge on any atom is 0.124 e. The molecule has 0 unspecified atom stereocenters. The molecule has 4 heteroatoms. The lowest BCUT2D eigenvalue weighted by Gasteiger charge is -2.16. The Balaban J connectivity index is 1.89. The third-order valence-corrected chi connectivity index (χ3v) is 4.06. The Hall–Kier alpha value is -1.86. The van der Waals surface area contributed by atoms with E-state index in [0.717, 1.165) is 29.9 Å². The molecule has 1 aliphatic heterocycles. The van der Waals surface area contributed by atoms with Crippen molar-refractivity contribution in [2.75, 3.05) is 19.6 Å². The molecular formula is C16H20N4. The van der Waals surface area contributed by atoms with Gasteiger partial charge in [0.15, 0.2) is 0 Å². The molecule has 0 spiro atoms. The van der Waals surface area contributed by atoms with Gasteiger partial charge in [-0.05, 0) is 50.6 Å². The second-order valence-corrected chi connectivity index (χ2v) is 5.56. The van der Waals surface area contributed by atoms with Gasteiger partial charge in [0.2, 0.25) is 0 Å². The summed E-state index contributed by atoms with van der Waals surface area (Å²) in [7, 11) is 0. The van der Waals surface area contributed by atoms with E-state index in [2.05, 4.69) is 45.6 Å². The summed E-state index contributed by atoms with van der Waals surface area (Å²) < 4.78 is 2.22. The number of nitriles is 1. The summed E-state index contributed by atoms with van der Waals surface area (Å²) in [6.07, 6.45) is 3.01. The van der Waals surface area contributed by atoms with E-state index < -0.39 is 0 Å². The van der Waals surface area contributed by atoms with Crippen molar-refractivity contribution in [1.82, 2.24) is 14.5 Å². The van der Waals surface area contributed by atoms with Crippen LogP contribution in [0.25, 0.3) is 11.0 Å². The zero-order valence-electron chi connectivity index (χ0n) is 12.0. The van der Waals surface area contributed by atoms with E-state index >= 15 is 0 Å². The molecular weight excluding hydrogens is 248 g/mol. The van der Waals surface area contributed by atoms with Crippen LogP contribution in [0.3, 0.4) is 0 Å². The number of nitrogens with zero attached hydrogens (tertiary/aromatic N) is 4. The maximum absolute atomic E-state index is 8.99. The molecule has 1 aromatic heterocycles. The predicted molar refractivity (Wildman–Crippen MR) is 79.5 cm³/mol. The molecule has 2 heterocycles. The monoisotopic (exact) mass is 268 g/mol. The summed E-state index contributed by atoms with van der Waals surface area (Å²) in [4.78, 5) is 7.13. The van der Waals surface area contributed by atoms with Crippen LogP contribution in [0, 0.1) is 18.3 Å². The first-order valence-electron chi connectivity index (χ1n) is 7.33. The van der Waals surface area contributed by atoms with Gasteiger partial charge in [-0.1, -0.05) is 6.07 Å². The summed E-state index contributed by atoms with van der Waals surface area (Å²) in [5.74, 6) is 0.896. The summed E-state index contributed by atoms with van der Waals surface area (Å²) in [5.41, 5.74) is 3.38. The number of rotatable bonds is 4. The Bertz CT molecular complexity index is 644. The van der Waals surface area contributed by atoms with Crippen molar-refractivity contribution < 1.29 is 0 Å². The molecule has 4 nitrogen and oxygen atoms in total. The highest BCUT2D eigenvalue weighted by Crippen LogP contribution is 2.19. The average Bonchev–Trinajstić information content (AvgIpc) is 3.04. The zero-order chi connectivity index (χ0) is 13.9. The van der Waals surface area contributed by atoms with E-state index in [4.69, 9.17) is 5.26 Å². The molecule has 0 N–H and O–H groups in total. The Labute approximate surface area is 119 Å². The number of aromatic nitrogens is 2. The number of imidazole rings is 1. The average molecular weight is 268 g/mol. The third-order valence-electron chi connectivity index (χ3n) is 4.06. The van der Waals surface area contributed by atoms with Gasteiger partial charge in [-0.3, -0.25) is 0 Å². The van der Waals surface area contributed by atoms with Gasteiger partial charge >= 0.3 is 0 Å². The van der Waals surface area contributed by atoms with Gasteiger partial charge in [0.25, 0.3) is 0 Å². The number of fused-ring (bicyclic) bond motifs is 1. The smallest absolute Gasteiger partial charge is 0.124 e. The molecule has 0 radical (unpaired) electrons. The molecule has 104 valence electrons. The minimum Gasteiger partial charge on any atom is -0.326 e. The van der Waals surface area contributed by atoms with Gasteiger partial charge in [0.05, 0.1) is 23.5 Å². The van der Waals surface area contributed by atoms with Crippen LogP contribution in [-0.4, -0.2) is 34.1 Å². The molecule has 3 rings (SSSR count). The maximum atomic E-state index is 8.99. The van der Waals surface area contributed by atoms with Crippen molar-refractivity contribution in [3.05, 3.63) is 29.6 Å². The summed E-state index contributed by atoms with van der Waals surface area (Å²) in [6.45, 7) is 6.47. The molecule has 0 bridgehead atoms. The number of hydrogen-bond donors (Lipinski definition) is 0. The van der Waals surface area contributed by atoms with E-state index in [0.29, 0.717) is 6.42 Å². The largest absolute Gasteiger partial charge is 0.326 e. The van der Waals surface area contributed by atoms with Crippen molar-refractivity contribution in [1.29, 1.82) is 5.26 Å². The fourth-order valence-electron chi connectivity index (χ4n) is 2.99. The minimum absolute atomic E-state index is 0.383.